The zero-order valence-corrected chi connectivity index (χ0v) is 17.6. The summed E-state index contributed by atoms with van der Waals surface area (Å²) in [5, 5.41) is 24.3. The summed E-state index contributed by atoms with van der Waals surface area (Å²) in [4.78, 5) is 22.9. The number of para-hydroxylation sites is 1. The molecule has 0 aliphatic heterocycles. The SMILES string of the molecule is CCOC(=O)c1c(NC(=S)Nc2ccc([N+](=O)[O-])cc2)nn(C)c1Nc1ccccc1. The topological polar surface area (TPSA) is 123 Å². The fourth-order valence-corrected chi connectivity index (χ4v) is 2.96. The van der Waals surface area contributed by atoms with Gasteiger partial charge in [-0.2, -0.15) is 5.10 Å². The molecular weight excluding hydrogens is 420 g/mol. The molecule has 0 unspecified atom stereocenters. The Hall–Kier alpha value is -3.99. The van der Waals surface area contributed by atoms with Gasteiger partial charge in [0, 0.05) is 30.6 Å². The normalized spacial score (nSPS) is 10.3. The highest BCUT2D eigenvalue weighted by atomic mass is 32.1. The molecule has 0 aliphatic carbocycles. The van der Waals surface area contributed by atoms with E-state index in [9.17, 15) is 14.9 Å². The average molecular weight is 440 g/mol. The largest absolute Gasteiger partial charge is 0.462 e. The number of aromatic nitrogens is 2. The van der Waals surface area contributed by atoms with Crippen molar-refractivity contribution in [3.8, 4) is 0 Å². The molecular formula is C20H20N6O4S. The highest BCUT2D eigenvalue weighted by Crippen LogP contribution is 2.28. The zero-order valence-electron chi connectivity index (χ0n) is 16.8. The third-order valence-corrected chi connectivity index (χ3v) is 4.34. The highest BCUT2D eigenvalue weighted by molar-refractivity contribution is 7.80. The number of esters is 1. The molecule has 0 amide bonds. The third-order valence-electron chi connectivity index (χ3n) is 4.13. The molecule has 0 saturated carbocycles. The number of carbonyl (C=O) groups is 1. The van der Waals surface area contributed by atoms with Crippen molar-refractivity contribution in [1.82, 2.24) is 9.78 Å². The Morgan fingerprint density at radius 1 is 1.13 bits per heavy atom. The molecule has 0 aliphatic rings. The predicted octanol–water partition coefficient (Wildman–Crippen LogP) is 4.06. The van der Waals surface area contributed by atoms with Crippen molar-refractivity contribution >= 4 is 52.0 Å². The number of hydrogen-bond donors (Lipinski definition) is 3. The number of nitrogens with zero attached hydrogens (tertiary/aromatic N) is 3. The van der Waals surface area contributed by atoms with E-state index < -0.39 is 10.9 Å². The average Bonchev–Trinajstić information content (AvgIpc) is 3.03. The van der Waals surface area contributed by atoms with Crippen LogP contribution in [0.1, 0.15) is 17.3 Å². The number of nitro benzene ring substituents is 1. The van der Waals surface area contributed by atoms with Crippen LogP contribution in [-0.4, -0.2) is 32.4 Å². The van der Waals surface area contributed by atoms with Crippen LogP contribution in [-0.2, 0) is 11.8 Å². The van der Waals surface area contributed by atoms with Crippen LogP contribution in [0.2, 0.25) is 0 Å². The van der Waals surface area contributed by atoms with E-state index in [1.807, 2.05) is 30.3 Å². The van der Waals surface area contributed by atoms with Gasteiger partial charge in [-0.3, -0.25) is 10.1 Å². The van der Waals surface area contributed by atoms with E-state index in [0.717, 1.165) is 5.69 Å². The van der Waals surface area contributed by atoms with Crippen molar-refractivity contribution < 1.29 is 14.5 Å². The van der Waals surface area contributed by atoms with E-state index in [0.29, 0.717) is 11.5 Å². The number of benzene rings is 2. The predicted molar refractivity (Wildman–Crippen MR) is 122 cm³/mol. The van der Waals surface area contributed by atoms with Crippen molar-refractivity contribution in [3.63, 3.8) is 0 Å². The lowest BCUT2D eigenvalue weighted by molar-refractivity contribution is -0.384. The molecule has 3 N–H and O–H groups in total. The van der Waals surface area contributed by atoms with Crippen LogP contribution in [0.4, 0.5) is 28.7 Å². The lowest BCUT2D eigenvalue weighted by Crippen LogP contribution is -2.21. The van der Waals surface area contributed by atoms with Gasteiger partial charge in [-0.15, -0.1) is 0 Å². The molecule has 0 bridgehead atoms. The second-order valence-electron chi connectivity index (χ2n) is 6.29. The van der Waals surface area contributed by atoms with Crippen LogP contribution in [0.25, 0.3) is 0 Å². The lowest BCUT2D eigenvalue weighted by atomic mass is 10.2. The van der Waals surface area contributed by atoms with Crippen LogP contribution >= 0.6 is 12.2 Å². The number of rotatable bonds is 7. The smallest absolute Gasteiger partial charge is 0.345 e. The maximum atomic E-state index is 12.6. The summed E-state index contributed by atoms with van der Waals surface area (Å²) < 4.78 is 6.71. The standard InChI is InChI=1S/C20H20N6O4S/c1-3-30-19(27)16-17(24-25(2)18(16)21-13-7-5-4-6-8-13)23-20(31)22-14-9-11-15(12-10-14)26(28)29/h4-12,21H,3H2,1-2H3,(H2,22,23,24,31). The third kappa shape index (κ3) is 5.34. The van der Waals surface area contributed by atoms with Crippen molar-refractivity contribution in [2.24, 2.45) is 7.05 Å². The second-order valence-corrected chi connectivity index (χ2v) is 6.70. The summed E-state index contributed by atoms with van der Waals surface area (Å²) in [6.07, 6.45) is 0. The fraction of sp³-hybridized carbons (Fsp3) is 0.150. The van der Waals surface area contributed by atoms with E-state index in [1.54, 1.807) is 14.0 Å². The van der Waals surface area contributed by atoms with E-state index in [2.05, 4.69) is 21.0 Å². The minimum Gasteiger partial charge on any atom is -0.462 e. The first-order valence-corrected chi connectivity index (χ1v) is 9.68. The van der Waals surface area contributed by atoms with Crippen molar-refractivity contribution in [1.29, 1.82) is 0 Å². The first-order chi connectivity index (χ1) is 14.9. The van der Waals surface area contributed by atoms with Crippen LogP contribution in [0.5, 0.6) is 0 Å². The molecule has 0 saturated heterocycles. The van der Waals surface area contributed by atoms with Gasteiger partial charge in [0.15, 0.2) is 10.9 Å². The van der Waals surface area contributed by atoms with Gasteiger partial charge in [0.25, 0.3) is 5.69 Å². The first-order valence-electron chi connectivity index (χ1n) is 9.27. The second kappa shape index (κ2) is 9.67. The van der Waals surface area contributed by atoms with Gasteiger partial charge >= 0.3 is 5.97 Å². The molecule has 1 heterocycles. The molecule has 10 nitrogen and oxygen atoms in total. The quantitative estimate of drug-likeness (QED) is 0.216. The number of non-ortho nitro benzene ring substituents is 1. The van der Waals surface area contributed by atoms with Gasteiger partial charge < -0.3 is 20.7 Å². The van der Waals surface area contributed by atoms with Crippen LogP contribution in [0.15, 0.2) is 54.6 Å². The molecule has 1 aromatic heterocycles. The summed E-state index contributed by atoms with van der Waals surface area (Å²) in [6.45, 7) is 1.91. The molecule has 160 valence electrons. The van der Waals surface area contributed by atoms with Gasteiger partial charge in [0.05, 0.1) is 11.5 Å². The maximum Gasteiger partial charge on any atom is 0.345 e. The Labute approximate surface area is 183 Å². The van der Waals surface area contributed by atoms with Gasteiger partial charge in [-0.25, -0.2) is 9.48 Å². The number of carbonyl (C=O) groups excluding carboxylic acids is 1. The Bertz CT molecular complexity index is 1100. The summed E-state index contributed by atoms with van der Waals surface area (Å²) >= 11 is 5.32. The first kappa shape index (κ1) is 21.7. The Morgan fingerprint density at radius 2 is 1.81 bits per heavy atom. The summed E-state index contributed by atoms with van der Waals surface area (Å²) in [7, 11) is 1.69. The molecule has 0 spiro atoms. The number of nitro groups is 1. The van der Waals surface area contributed by atoms with Crippen molar-refractivity contribution in [2.45, 2.75) is 6.92 Å². The van der Waals surface area contributed by atoms with Crippen molar-refractivity contribution in [2.75, 3.05) is 22.6 Å². The number of thiocarbonyl (C=S) groups is 1. The molecule has 3 aromatic rings. The van der Waals surface area contributed by atoms with Crippen LogP contribution in [0, 0.1) is 10.1 Å². The van der Waals surface area contributed by atoms with E-state index in [1.165, 1.54) is 28.9 Å². The number of hydrogen-bond acceptors (Lipinski definition) is 7. The number of anilines is 4. The summed E-state index contributed by atoms with van der Waals surface area (Å²) in [5.74, 6) is 0.0822. The molecule has 11 heteroatoms. The minimum atomic E-state index is -0.560. The fourth-order valence-electron chi connectivity index (χ4n) is 2.75. The van der Waals surface area contributed by atoms with Gasteiger partial charge in [0.2, 0.25) is 0 Å². The lowest BCUT2D eigenvalue weighted by Gasteiger charge is -2.11. The molecule has 0 atom stereocenters. The number of ether oxygens (including phenoxy) is 1. The highest BCUT2D eigenvalue weighted by Gasteiger charge is 2.25. The minimum absolute atomic E-state index is 0.0321. The van der Waals surface area contributed by atoms with Crippen LogP contribution < -0.4 is 16.0 Å². The molecule has 31 heavy (non-hydrogen) atoms. The number of nitrogens with one attached hydrogen (secondary N) is 3. The number of aryl methyl sites for hydroxylation is 1. The monoisotopic (exact) mass is 440 g/mol. The summed E-state index contributed by atoms with van der Waals surface area (Å²) in [6, 6.07) is 15.1. The zero-order chi connectivity index (χ0) is 22.4. The maximum absolute atomic E-state index is 12.6. The van der Waals surface area contributed by atoms with Gasteiger partial charge in [0.1, 0.15) is 11.4 Å². The molecule has 0 fully saturated rings. The van der Waals surface area contributed by atoms with Gasteiger partial charge in [-0.1, -0.05) is 18.2 Å². The van der Waals surface area contributed by atoms with Gasteiger partial charge in [-0.05, 0) is 43.4 Å². The Kier molecular flexibility index (Phi) is 6.78. The van der Waals surface area contributed by atoms with E-state index in [4.69, 9.17) is 17.0 Å². The van der Waals surface area contributed by atoms with Crippen molar-refractivity contribution in [3.05, 3.63) is 70.3 Å². The van der Waals surface area contributed by atoms with E-state index in [-0.39, 0.29) is 28.8 Å². The molecule has 3 rings (SSSR count). The Morgan fingerprint density at radius 3 is 2.42 bits per heavy atom. The van der Waals surface area contributed by atoms with E-state index >= 15 is 0 Å². The molecule has 0 radical (unpaired) electrons. The van der Waals surface area contributed by atoms with Crippen LogP contribution in [0.3, 0.4) is 0 Å². The molecule has 2 aromatic carbocycles. The summed E-state index contributed by atoms with van der Waals surface area (Å²) in [5.41, 5.74) is 1.48. The Balaban J connectivity index is 1.83.